The number of hydrogen-bond donors (Lipinski definition) is 2. The van der Waals surface area contributed by atoms with Crippen molar-refractivity contribution in [2.24, 2.45) is 0 Å². The van der Waals surface area contributed by atoms with Crippen LogP contribution in [0.25, 0.3) is 0 Å². The van der Waals surface area contributed by atoms with Crippen molar-refractivity contribution in [3.8, 4) is 5.75 Å². The third-order valence-electron chi connectivity index (χ3n) is 3.30. The number of anilines is 1. The first-order chi connectivity index (χ1) is 11.4. The van der Waals surface area contributed by atoms with Gasteiger partial charge >= 0.3 is 0 Å². The lowest BCUT2D eigenvalue weighted by molar-refractivity contribution is 0.0954. The fraction of sp³-hybridized carbons (Fsp3) is 0.235. The Morgan fingerprint density at radius 1 is 1.12 bits per heavy atom. The summed E-state index contributed by atoms with van der Waals surface area (Å²) in [6.45, 7) is 0.447. The zero-order valence-corrected chi connectivity index (χ0v) is 14.4. The van der Waals surface area contributed by atoms with Crippen LogP contribution in [-0.4, -0.2) is 34.2 Å². The van der Waals surface area contributed by atoms with E-state index in [2.05, 4.69) is 10.0 Å². The minimum Gasteiger partial charge on any atom is -0.496 e. The van der Waals surface area contributed by atoms with Crippen molar-refractivity contribution in [3.05, 3.63) is 59.7 Å². The molecule has 2 aromatic rings. The van der Waals surface area contributed by atoms with E-state index < -0.39 is 10.0 Å². The second-order valence-electron chi connectivity index (χ2n) is 5.27. The molecule has 0 radical (unpaired) electrons. The number of para-hydroxylation sites is 1. The second-order valence-corrected chi connectivity index (χ2v) is 7.02. The zero-order chi connectivity index (χ0) is 17.6. The normalized spacial score (nSPS) is 10.9. The molecular formula is C17H20N2O4S. The maximum absolute atomic E-state index is 12.2. The average Bonchev–Trinajstić information content (AvgIpc) is 2.54. The summed E-state index contributed by atoms with van der Waals surface area (Å²) in [6.07, 6.45) is 1.70. The summed E-state index contributed by atoms with van der Waals surface area (Å²) in [6, 6.07) is 14.0. The Morgan fingerprint density at radius 2 is 1.88 bits per heavy atom. The summed E-state index contributed by atoms with van der Waals surface area (Å²) in [4.78, 5) is 12.2. The lowest BCUT2D eigenvalue weighted by Crippen LogP contribution is -2.26. The van der Waals surface area contributed by atoms with Crippen LogP contribution in [-0.2, 0) is 16.4 Å². The highest BCUT2D eigenvalue weighted by Crippen LogP contribution is 2.17. The number of sulfonamides is 1. The van der Waals surface area contributed by atoms with E-state index in [1.807, 2.05) is 24.3 Å². The number of methoxy groups -OCH3 is 1. The number of carbonyl (C=O) groups is 1. The largest absolute Gasteiger partial charge is 0.496 e. The fourth-order valence-electron chi connectivity index (χ4n) is 2.26. The van der Waals surface area contributed by atoms with Gasteiger partial charge in [-0.05, 0) is 36.2 Å². The van der Waals surface area contributed by atoms with Crippen LogP contribution in [0.2, 0.25) is 0 Å². The van der Waals surface area contributed by atoms with E-state index in [0.29, 0.717) is 24.2 Å². The maximum atomic E-state index is 12.2. The third kappa shape index (κ3) is 5.27. The summed E-state index contributed by atoms with van der Waals surface area (Å²) >= 11 is 0. The molecule has 0 aromatic heterocycles. The molecule has 2 N–H and O–H groups in total. The molecule has 24 heavy (non-hydrogen) atoms. The summed E-state index contributed by atoms with van der Waals surface area (Å²) in [5.41, 5.74) is 1.76. The molecule has 0 saturated carbocycles. The molecule has 2 rings (SSSR count). The maximum Gasteiger partial charge on any atom is 0.251 e. The van der Waals surface area contributed by atoms with Crippen molar-refractivity contribution in [2.75, 3.05) is 24.6 Å². The molecule has 0 heterocycles. The van der Waals surface area contributed by atoms with Gasteiger partial charge in [0.25, 0.3) is 5.91 Å². The molecule has 0 unspecified atom stereocenters. The van der Waals surface area contributed by atoms with E-state index in [1.165, 1.54) is 6.07 Å². The Morgan fingerprint density at radius 3 is 2.58 bits per heavy atom. The highest BCUT2D eigenvalue weighted by atomic mass is 32.2. The van der Waals surface area contributed by atoms with Gasteiger partial charge in [0.2, 0.25) is 10.0 Å². The zero-order valence-electron chi connectivity index (χ0n) is 13.6. The molecule has 2 aromatic carbocycles. The molecule has 0 spiro atoms. The van der Waals surface area contributed by atoms with Gasteiger partial charge in [-0.25, -0.2) is 8.42 Å². The van der Waals surface area contributed by atoms with Crippen molar-refractivity contribution in [2.45, 2.75) is 6.42 Å². The standard InChI is InChI=1S/C17H20N2O4S/c1-23-16-9-4-3-6-13(16)10-11-18-17(20)14-7-5-8-15(12-14)19-24(2,21)22/h3-9,12,19H,10-11H2,1-2H3,(H,18,20). The number of nitrogens with one attached hydrogen (secondary N) is 2. The number of benzene rings is 2. The highest BCUT2D eigenvalue weighted by Gasteiger charge is 2.09. The lowest BCUT2D eigenvalue weighted by Gasteiger charge is -2.10. The van der Waals surface area contributed by atoms with Gasteiger partial charge < -0.3 is 10.1 Å². The Balaban J connectivity index is 1.96. The quantitative estimate of drug-likeness (QED) is 0.802. The summed E-state index contributed by atoms with van der Waals surface area (Å²) in [5, 5.41) is 2.82. The topological polar surface area (TPSA) is 84.5 Å². The number of hydrogen-bond acceptors (Lipinski definition) is 4. The van der Waals surface area contributed by atoms with Crippen molar-refractivity contribution < 1.29 is 17.9 Å². The third-order valence-corrected chi connectivity index (χ3v) is 3.91. The molecule has 0 atom stereocenters. The van der Waals surface area contributed by atoms with Gasteiger partial charge in [0.05, 0.1) is 13.4 Å². The molecule has 0 aliphatic rings. The van der Waals surface area contributed by atoms with Gasteiger partial charge in [0, 0.05) is 17.8 Å². The van der Waals surface area contributed by atoms with Crippen molar-refractivity contribution in [1.82, 2.24) is 5.32 Å². The van der Waals surface area contributed by atoms with Gasteiger partial charge in [0.1, 0.15) is 5.75 Å². The van der Waals surface area contributed by atoms with Crippen LogP contribution in [0.3, 0.4) is 0 Å². The van der Waals surface area contributed by atoms with E-state index in [9.17, 15) is 13.2 Å². The Hall–Kier alpha value is -2.54. The predicted octanol–water partition coefficient (Wildman–Crippen LogP) is 2.04. The van der Waals surface area contributed by atoms with E-state index in [0.717, 1.165) is 17.6 Å². The van der Waals surface area contributed by atoms with E-state index in [1.54, 1.807) is 25.3 Å². The average molecular weight is 348 g/mol. The van der Waals surface area contributed by atoms with Gasteiger partial charge in [-0.3, -0.25) is 9.52 Å². The van der Waals surface area contributed by atoms with Gasteiger partial charge in [0.15, 0.2) is 0 Å². The molecule has 6 nitrogen and oxygen atoms in total. The second kappa shape index (κ2) is 7.83. The van der Waals surface area contributed by atoms with Gasteiger partial charge in [-0.15, -0.1) is 0 Å². The van der Waals surface area contributed by atoms with E-state index in [-0.39, 0.29) is 5.91 Å². The van der Waals surface area contributed by atoms with E-state index in [4.69, 9.17) is 4.74 Å². The molecule has 0 bridgehead atoms. The SMILES string of the molecule is COc1ccccc1CCNC(=O)c1cccc(NS(C)(=O)=O)c1. The summed E-state index contributed by atoms with van der Waals surface area (Å²) in [5.74, 6) is 0.521. The fourth-order valence-corrected chi connectivity index (χ4v) is 2.82. The Kier molecular flexibility index (Phi) is 5.81. The number of rotatable bonds is 7. The molecular weight excluding hydrogens is 328 g/mol. The van der Waals surface area contributed by atoms with Crippen LogP contribution >= 0.6 is 0 Å². The highest BCUT2D eigenvalue weighted by molar-refractivity contribution is 7.92. The Bertz CT molecular complexity index is 819. The van der Waals surface area contributed by atoms with E-state index >= 15 is 0 Å². The first kappa shape index (κ1) is 17.8. The molecule has 128 valence electrons. The van der Waals surface area contributed by atoms with Crippen LogP contribution in [0.4, 0.5) is 5.69 Å². The lowest BCUT2D eigenvalue weighted by atomic mass is 10.1. The van der Waals surface area contributed by atoms with Crippen molar-refractivity contribution >= 4 is 21.6 Å². The van der Waals surface area contributed by atoms with Crippen LogP contribution in [0.15, 0.2) is 48.5 Å². The van der Waals surface area contributed by atoms with Crippen molar-refractivity contribution in [1.29, 1.82) is 0 Å². The molecule has 7 heteroatoms. The summed E-state index contributed by atoms with van der Waals surface area (Å²) < 4.78 is 30.1. The molecule has 0 aliphatic heterocycles. The minimum atomic E-state index is -3.38. The first-order valence-electron chi connectivity index (χ1n) is 7.37. The predicted molar refractivity (Wildman–Crippen MR) is 93.9 cm³/mol. The van der Waals surface area contributed by atoms with Gasteiger partial charge in [-0.1, -0.05) is 24.3 Å². The number of ether oxygens (including phenoxy) is 1. The molecule has 1 amide bonds. The van der Waals surface area contributed by atoms with Crippen LogP contribution in [0.1, 0.15) is 15.9 Å². The van der Waals surface area contributed by atoms with Gasteiger partial charge in [-0.2, -0.15) is 0 Å². The van der Waals surface area contributed by atoms with Crippen LogP contribution in [0, 0.1) is 0 Å². The first-order valence-corrected chi connectivity index (χ1v) is 9.26. The van der Waals surface area contributed by atoms with Crippen LogP contribution < -0.4 is 14.8 Å². The monoisotopic (exact) mass is 348 g/mol. The Labute approximate surface area is 141 Å². The molecule has 0 saturated heterocycles. The van der Waals surface area contributed by atoms with Crippen LogP contribution in [0.5, 0.6) is 5.75 Å². The molecule has 0 fully saturated rings. The minimum absolute atomic E-state index is 0.262. The number of carbonyl (C=O) groups excluding carboxylic acids is 1. The summed E-state index contributed by atoms with van der Waals surface area (Å²) in [7, 11) is -1.77. The molecule has 0 aliphatic carbocycles. The number of amides is 1. The smallest absolute Gasteiger partial charge is 0.251 e. The van der Waals surface area contributed by atoms with Crippen molar-refractivity contribution in [3.63, 3.8) is 0 Å².